The standard InChI is InChI=1S/C18H26N6OS/c25-18(23-11-6-14(7-12-23)17-19-9-13-26-17)20-8-5-16-22-21-15-4-2-1-3-10-24(15)16/h9,13-14H,1-8,10-12H2,(H,20,25). The molecule has 2 aliphatic heterocycles. The van der Waals surface area contributed by atoms with Crippen molar-refractivity contribution < 1.29 is 4.79 Å². The van der Waals surface area contributed by atoms with Crippen molar-refractivity contribution in [1.29, 1.82) is 0 Å². The average Bonchev–Trinajstić information content (AvgIpc) is 3.27. The zero-order valence-electron chi connectivity index (χ0n) is 15.1. The van der Waals surface area contributed by atoms with Gasteiger partial charge in [0.2, 0.25) is 0 Å². The number of rotatable bonds is 4. The Hall–Kier alpha value is -1.96. The van der Waals surface area contributed by atoms with Gasteiger partial charge in [0.1, 0.15) is 11.6 Å². The van der Waals surface area contributed by atoms with Gasteiger partial charge in [-0.3, -0.25) is 0 Å². The molecule has 2 aliphatic rings. The minimum Gasteiger partial charge on any atom is -0.338 e. The minimum atomic E-state index is 0.0400. The van der Waals surface area contributed by atoms with Gasteiger partial charge in [0.05, 0.1) is 5.01 Å². The van der Waals surface area contributed by atoms with Crippen LogP contribution in [0.4, 0.5) is 4.79 Å². The Morgan fingerprint density at radius 3 is 2.88 bits per heavy atom. The maximum Gasteiger partial charge on any atom is 0.317 e. The van der Waals surface area contributed by atoms with Gasteiger partial charge >= 0.3 is 6.03 Å². The lowest BCUT2D eigenvalue weighted by Crippen LogP contribution is -2.44. The summed E-state index contributed by atoms with van der Waals surface area (Å²) in [6.45, 7) is 3.23. The quantitative estimate of drug-likeness (QED) is 0.892. The number of hydrogen-bond donors (Lipinski definition) is 1. The first-order valence-electron chi connectivity index (χ1n) is 9.64. The Bertz CT molecular complexity index is 720. The first-order chi connectivity index (χ1) is 12.8. The van der Waals surface area contributed by atoms with Gasteiger partial charge in [-0.2, -0.15) is 0 Å². The Kier molecular flexibility index (Phi) is 5.48. The minimum absolute atomic E-state index is 0.0400. The molecule has 2 aromatic rings. The van der Waals surface area contributed by atoms with Crippen molar-refractivity contribution in [3.05, 3.63) is 28.2 Å². The molecule has 2 aromatic heterocycles. The number of carbonyl (C=O) groups is 1. The van der Waals surface area contributed by atoms with Crippen LogP contribution >= 0.6 is 11.3 Å². The topological polar surface area (TPSA) is 75.9 Å². The smallest absolute Gasteiger partial charge is 0.317 e. The number of likely N-dealkylation sites (tertiary alicyclic amines) is 1. The molecule has 0 aliphatic carbocycles. The predicted octanol–water partition coefficient (Wildman–Crippen LogP) is 2.59. The van der Waals surface area contributed by atoms with Crippen LogP contribution in [0.25, 0.3) is 0 Å². The summed E-state index contributed by atoms with van der Waals surface area (Å²) in [5, 5.41) is 14.9. The highest BCUT2D eigenvalue weighted by molar-refractivity contribution is 7.09. The van der Waals surface area contributed by atoms with Gasteiger partial charge in [0.15, 0.2) is 0 Å². The molecule has 1 saturated heterocycles. The maximum atomic E-state index is 12.4. The Morgan fingerprint density at radius 1 is 1.19 bits per heavy atom. The van der Waals surface area contributed by atoms with E-state index in [0.717, 1.165) is 57.0 Å². The van der Waals surface area contributed by atoms with E-state index in [1.807, 2.05) is 16.5 Å². The largest absolute Gasteiger partial charge is 0.338 e. The van der Waals surface area contributed by atoms with Crippen molar-refractivity contribution in [3.63, 3.8) is 0 Å². The lowest BCUT2D eigenvalue weighted by atomic mass is 9.98. The Morgan fingerprint density at radius 2 is 2.08 bits per heavy atom. The zero-order chi connectivity index (χ0) is 17.8. The highest BCUT2D eigenvalue weighted by Gasteiger charge is 2.25. The molecule has 1 fully saturated rings. The SMILES string of the molecule is O=C(NCCc1nnc2n1CCCCC2)N1CCC(c2nccs2)CC1. The van der Waals surface area contributed by atoms with Gasteiger partial charge in [-0.1, -0.05) is 6.42 Å². The molecule has 0 radical (unpaired) electrons. The van der Waals surface area contributed by atoms with Crippen molar-refractivity contribution in [2.45, 2.75) is 57.4 Å². The summed E-state index contributed by atoms with van der Waals surface area (Å²) in [6.07, 6.45) is 9.28. The van der Waals surface area contributed by atoms with Gasteiger partial charge in [0.25, 0.3) is 0 Å². The van der Waals surface area contributed by atoms with E-state index < -0.39 is 0 Å². The van der Waals surface area contributed by atoms with E-state index in [-0.39, 0.29) is 6.03 Å². The van der Waals surface area contributed by atoms with Crippen molar-refractivity contribution in [2.75, 3.05) is 19.6 Å². The summed E-state index contributed by atoms with van der Waals surface area (Å²) >= 11 is 1.72. The van der Waals surface area contributed by atoms with Crippen molar-refractivity contribution in [1.82, 2.24) is 30.0 Å². The monoisotopic (exact) mass is 374 g/mol. The fourth-order valence-corrected chi connectivity index (χ4v) is 4.70. The molecule has 2 amide bonds. The van der Waals surface area contributed by atoms with E-state index in [4.69, 9.17) is 0 Å². The van der Waals surface area contributed by atoms with E-state index in [2.05, 4.69) is 25.1 Å². The normalized spacial score (nSPS) is 18.4. The summed E-state index contributed by atoms with van der Waals surface area (Å²) in [6, 6.07) is 0.0400. The third-order valence-corrected chi connectivity index (χ3v) is 6.33. The molecule has 140 valence electrons. The third kappa shape index (κ3) is 3.90. The predicted molar refractivity (Wildman–Crippen MR) is 100 cm³/mol. The molecule has 0 unspecified atom stereocenters. The summed E-state index contributed by atoms with van der Waals surface area (Å²) in [4.78, 5) is 18.8. The second kappa shape index (κ2) is 8.16. The molecule has 0 aromatic carbocycles. The molecule has 0 bridgehead atoms. The molecular formula is C18H26N6OS. The summed E-state index contributed by atoms with van der Waals surface area (Å²) in [7, 11) is 0. The molecule has 4 rings (SSSR count). The summed E-state index contributed by atoms with van der Waals surface area (Å²) < 4.78 is 2.25. The second-order valence-electron chi connectivity index (χ2n) is 7.11. The van der Waals surface area contributed by atoms with Crippen molar-refractivity contribution in [3.8, 4) is 0 Å². The van der Waals surface area contributed by atoms with Gasteiger partial charge in [0, 0.05) is 56.5 Å². The van der Waals surface area contributed by atoms with Gasteiger partial charge in [-0.25, -0.2) is 9.78 Å². The molecule has 7 nitrogen and oxygen atoms in total. The van der Waals surface area contributed by atoms with Crippen LogP contribution in [-0.4, -0.2) is 50.3 Å². The van der Waals surface area contributed by atoms with Crippen LogP contribution < -0.4 is 5.32 Å². The fraction of sp³-hybridized carbons (Fsp3) is 0.667. The number of thiazole rings is 1. The molecular weight excluding hydrogens is 348 g/mol. The number of nitrogens with one attached hydrogen (secondary N) is 1. The number of nitrogens with zero attached hydrogens (tertiary/aromatic N) is 5. The highest BCUT2D eigenvalue weighted by Crippen LogP contribution is 2.29. The lowest BCUT2D eigenvalue weighted by molar-refractivity contribution is 0.181. The fourth-order valence-electron chi connectivity index (χ4n) is 3.89. The Balaban J connectivity index is 1.23. The second-order valence-corrected chi connectivity index (χ2v) is 8.03. The average molecular weight is 375 g/mol. The van der Waals surface area contributed by atoms with Gasteiger partial charge in [-0.05, 0) is 25.7 Å². The van der Waals surface area contributed by atoms with Crippen LogP contribution in [-0.2, 0) is 19.4 Å². The van der Waals surface area contributed by atoms with Crippen LogP contribution in [0.3, 0.4) is 0 Å². The van der Waals surface area contributed by atoms with Crippen LogP contribution in [0.2, 0.25) is 0 Å². The van der Waals surface area contributed by atoms with Crippen molar-refractivity contribution in [2.24, 2.45) is 0 Å². The molecule has 0 atom stereocenters. The number of piperidine rings is 1. The number of aromatic nitrogens is 4. The van der Waals surface area contributed by atoms with Crippen LogP contribution in [0, 0.1) is 0 Å². The number of aryl methyl sites for hydroxylation is 1. The first kappa shape index (κ1) is 17.5. The lowest BCUT2D eigenvalue weighted by Gasteiger charge is -2.31. The number of fused-ring (bicyclic) bond motifs is 1. The highest BCUT2D eigenvalue weighted by atomic mass is 32.1. The number of urea groups is 1. The number of amides is 2. The maximum absolute atomic E-state index is 12.4. The zero-order valence-corrected chi connectivity index (χ0v) is 15.9. The number of carbonyl (C=O) groups excluding carboxylic acids is 1. The van der Waals surface area contributed by atoms with E-state index in [0.29, 0.717) is 12.5 Å². The van der Waals surface area contributed by atoms with Crippen LogP contribution in [0.15, 0.2) is 11.6 Å². The molecule has 1 N–H and O–H groups in total. The van der Waals surface area contributed by atoms with Crippen molar-refractivity contribution >= 4 is 17.4 Å². The van der Waals surface area contributed by atoms with E-state index in [1.165, 1.54) is 24.3 Å². The van der Waals surface area contributed by atoms with E-state index >= 15 is 0 Å². The molecule has 8 heteroatoms. The van der Waals surface area contributed by atoms with Gasteiger partial charge in [-0.15, -0.1) is 21.5 Å². The Labute approximate surface area is 157 Å². The van der Waals surface area contributed by atoms with Crippen LogP contribution in [0.5, 0.6) is 0 Å². The third-order valence-electron chi connectivity index (χ3n) is 5.39. The number of hydrogen-bond acceptors (Lipinski definition) is 5. The molecule has 26 heavy (non-hydrogen) atoms. The summed E-state index contributed by atoms with van der Waals surface area (Å²) in [5.74, 6) is 2.61. The van der Waals surface area contributed by atoms with Crippen LogP contribution in [0.1, 0.15) is 54.7 Å². The van der Waals surface area contributed by atoms with E-state index in [1.54, 1.807) is 11.3 Å². The molecule has 0 saturated carbocycles. The first-order valence-corrected chi connectivity index (χ1v) is 10.5. The van der Waals surface area contributed by atoms with Gasteiger partial charge < -0.3 is 14.8 Å². The summed E-state index contributed by atoms with van der Waals surface area (Å²) in [5.41, 5.74) is 0. The van der Waals surface area contributed by atoms with E-state index in [9.17, 15) is 4.79 Å². The molecule has 4 heterocycles. The molecule has 0 spiro atoms.